The maximum Gasteiger partial charge on any atom is 0.347 e. The Morgan fingerprint density at radius 1 is 1.11 bits per heavy atom. The minimum absolute atomic E-state index is 0.188. The summed E-state index contributed by atoms with van der Waals surface area (Å²) >= 11 is 1.59. The number of hydrogen-bond acceptors (Lipinski definition) is 5. The summed E-state index contributed by atoms with van der Waals surface area (Å²) in [7, 11) is 0. The molecule has 0 radical (unpaired) electrons. The van der Waals surface area contributed by atoms with Crippen molar-refractivity contribution in [2.45, 2.75) is 99.6 Å². The Hall–Kier alpha value is -2.80. The lowest BCUT2D eigenvalue weighted by Crippen LogP contribution is -2.43. The molecule has 0 unspecified atom stereocenters. The highest BCUT2D eigenvalue weighted by Gasteiger charge is 2.48. The van der Waals surface area contributed by atoms with Crippen molar-refractivity contribution in [1.29, 1.82) is 0 Å². The first kappa shape index (κ1) is 26.3. The van der Waals surface area contributed by atoms with E-state index in [1.165, 1.54) is 20.3 Å². The van der Waals surface area contributed by atoms with Crippen LogP contribution < -0.4 is 4.74 Å². The zero-order valence-electron chi connectivity index (χ0n) is 21.5. The number of hydrogen-bond donors (Lipinski definition) is 1. The van der Waals surface area contributed by atoms with Gasteiger partial charge in [0, 0.05) is 16.2 Å². The number of benzene rings is 2. The number of unbranched alkanes of at least 4 members (excludes halogenated alkanes) is 1. The van der Waals surface area contributed by atoms with Crippen molar-refractivity contribution >= 4 is 29.5 Å². The van der Waals surface area contributed by atoms with E-state index >= 15 is 0 Å². The number of amides is 1. The second kappa shape index (κ2) is 11.1. The summed E-state index contributed by atoms with van der Waals surface area (Å²) < 4.78 is 5.67. The summed E-state index contributed by atoms with van der Waals surface area (Å²) in [5.74, 6) is 0.660. The second-order valence-electron chi connectivity index (χ2n) is 10.3. The Kier molecular flexibility index (Phi) is 8.08. The fraction of sp³-hybridized carbons (Fsp3) is 0.483. The number of amidine groups is 1. The largest absolute Gasteiger partial charge is 0.478 e. The smallest absolute Gasteiger partial charge is 0.347 e. The number of rotatable bonds is 10. The predicted octanol–water partition coefficient (Wildman–Crippen LogP) is 6.71. The van der Waals surface area contributed by atoms with Gasteiger partial charge >= 0.3 is 5.97 Å². The highest BCUT2D eigenvalue weighted by molar-refractivity contribution is 7.99. The molecule has 192 valence electrons. The molecule has 36 heavy (non-hydrogen) atoms. The van der Waals surface area contributed by atoms with Crippen LogP contribution in [0, 0.1) is 0 Å². The first-order valence-corrected chi connectivity index (χ1v) is 13.7. The summed E-state index contributed by atoms with van der Waals surface area (Å²) in [5, 5.41) is 9.32. The summed E-state index contributed by atoms with van der Waals surface area (Å²) in [6.07, 6.45) is 8.09. The van der Waals surface area contributed by atoms with E-state index in [2.05, 4.69) is 31.2 Å². The minimum Gasteiger partial charge on any atom is -0.478 e. The normalized spacial score (nSPS) is 17.4. The van der Waals surface area contributed by atoms with Crippen molar-refractivity contribution < 1.29 is 19.4 Å². The lowest BCUT2D eigenvalue weighted by atomic mass is 9.82. The molecule has 1 fully saturated rings. The van der Waals surface area contributed by atoms with Gasteiger partial charge in [0.25, 0.3) is 5.91 Å². The van der Waals surface area contributed by atoms with Gasteiger partial charge < -0.3 is 9.84 Å². The van der Waals surface area contributed by atoms with Crippen LogP contribution in [0.15, 0.2) is 63.3 Å². The van der Waals surface area contributed by atoms with E-state index in [-0.39, 0.29) is 5.91 Å². The number of aliphatic carboxylic acids is 1. The van der Waals surface area contributed by atoms with Crippen molar-refractivity contribution in [1.82, 2.24) is 4.90 Å². The van der Waals surface area contributed by atoms with Crippen molar-refractivity contribution in [3.8, 4) is 5.75 Å². The Labute approximate surface area is 218 Å². The van der Waals surface area contributed by atoms with Crippen LogP contribution in [0.2, 0.25) is 0 Å². The van der Waals surface area contributed by atoms with Crippen LogP contribution in [0.5, 0.6) is 5.75 Å². The maximum atomic E-state index is 13.5. The van der Waals surface area contributed by atoms with Gasteiger partial charge in [-0.05, 0) is 69.0 Å². The van der Waals surface area contributed by atoms with E-state index in [0.717, 1.165) is 66.1 Å². The van der Waals surface area contributed by atoms with Crippen LogP contribution in [0.3, 0.4) is 0 Å². The van der Waals surface area contributed by atoms with Gasteiger partial charge in [0.05, 0.1) is 6.54 Å². The molecule has 2 aromatic rings. The molecule has 0 atom stereocenters. The Morgan fingerprint density at radius 3 is 2.50 bits per heavy atom. The highest BCUT2D eigenvalue weighted by atomic mass is 32.2. The topological polar surface area (TPSA) is 79.2 Å². The Balaban J connectivity index is 1.43. The van der Waals surface area contributed by atoms with Crippen LogP contribution in [0.4, 0.5) is 0 Å². The zero-order valence-corrected chi connectivity index (χ0v) is 22.3. The van der Waals surface area contributed by atoms with Crippen LogP contribution in [-0.4, -0.2) is 38.9 Å². The SMILES string of the molecule is CCCCC1=NC2(CCCCC2)C(=O)N1Cc1ccc(Sc2cccc(OC(C)(C)C(=O)O)c2)cc1. The average Bonchev–Trinajstić information content (AvgIpc) is 3.09. The van der Waals surface area contributed by atoms with Crippen LogP contribution >= 0.6 is 11.8 Å². The van der Waals surface area contributed by atoms with Crippen molar-refractivity contribution in [3.63, 3.8) is 0 Å². The second-order valence-corrected chi connectivity index (χ2v) is 11.4. The molecule has 7 heteroatoms. The van der Waals surface area contributed by atoms with E-state index in [4.69, 9.17) is 9.73 Å². The number of carbonyl (C=O) groups is 2. The summed E-state index contributed by atoms with van der Waals surface area (Å²) in [4.78, 5) is 33.9. The maximum absolute atomic E-state index is 13.5. The molecular formula is C29H36N2O4S. The third-order valence-corrected chi connectivity index (χ3v) is 7.92. The molecule has 0 saturated heterocycles. The number of ether oxygens (including phenoxy) is 1. The van der Waals surface area contributed by atoms with Gasteiger partial charge in [-0.3, -0.25) is 14.7 Å². The van der Waals surface area contributed by atoms with Crippen molar-refractivity contribution in [2.75, 3.05) is 0 Å². The van der Waals surface area contributed by atoms with Crippen molar-refractivity contribution in [2.24, 2.45) is 4.99 Å². The molecule has 1 amide bonds. The van der Waals surface area contributed by atoms with Crippen LogP contribution in [-0.2, 0) is 16.1 Å². The lowest BCUT2D eigenvalue weighted by molar-refractivity contribution is -0.152. The molecule has 1 aliphatic carbocycles. The van der Waals surface area contributed by atoms with Crippen molar-refractivity contribution in [3.05, 3.63) is 54.1 Å². The van der Waals surface area contributed by atoms with Crippen LogP contribution in [0.1, 0.15) is 77.7 Å². The Bertz CT molecular complexity index is 1120. The van der Waals surface area contributed by atoms with Gasteiger partial charge in [-0.15, -0.1) is 0 Å². The molecule has 1 heterocycles. The number of carboxylic acids is 1. The molecule has 1 aliphatic heterocycles. The number of carbonyl (C=O) groups excluding carboxylic acids is 1. The van der Waals surface area contributed by atoms with Gasteiger partial charge in [-0.1, -0.05) is 62.6 Å². The average molecular weight is 509 g/mol. The molecule has 2 aromatic carbocycles. The summed E-state index contributed by atoms with van der Waals surface area (Å²) in [6.45, 7) is 5.80. The number of carboxylic acid groups (broad SMARTS) is 1. The molecule has 0 aromatic heterocycles. The molecule has 2 aliphatic rings. The van der Waals surface area contributed by atoms with Gasteiger partial charge in [0.2, 0.25) is 0 Å². The summed E-state index contributed by atoms with van der Waals surface area (Å²) in [5.41, 5.74) is -0.725. The number of aliphatic imine (C=N–C) groups is 1. The van der Waals surface area contributed by atoms with E-state index in [0.29, 0.717) is 12.3 Å². The van der Waals surface area contributed by atoms with E-state index < -0.39 is 17.1 Å². The van der Waals surface area contributed by atoms with Gasteiger partial charge in [0.1, 0.15) is 17.1 Å². The third-order valence-electron chi connectivity index (χ3n) is 6.93. The minimum atomic E-state index is -1.30. The molecule has 1 saturated carbocycles. The van der Waals surface area contributed by atoms with Gasteiger partial charge in [-0.25, -0.2) is 4.79 Å². The standard InChI is InChI=1S/C29H36N2O4S/c1-4-5-12-25-30-29(17-7-6-8-18-29)26(32)31(25)20-21-13-15-23(16-14-21)36-24-11-9-10-22(19-24)35-28(2,3)27(33)34/h9-11,13-16,19H,4-8,12,17-18,20H2,1-3H3,(H,33,34). The lowest BCUT2D eigenvalue weighted by Gasteiger charge is -2.29. The van der Waals surface area contributed by atoms with E-state index in [1.54, 1.807) is 17.8 Å². The molecule has 1 spiro atoms. The van der Waals surface area contributed by atoms with Gasteiger partial charge in [-0.2, -0.15) is 0 Å². The molecule has 6 nitrogen and oxygen atoms in total. The quantitative estimate of drug-likeness (QED) is 0.386. The third kappa shape index (κ3) is 5.94. The molecule has 1 N–H and O–H groups in total. The predicted molar refractivity (Wildman–Crippen MR) is 143 cm³/mol. The molecule has 4 rings (SSSR count). The first-order valence-electron chi connectivity index (χ1n) is 12.9. The van der Waals surface area contributed by atoms with E-state index in [9.17, 15) is 14.7 Å². The summed E-state index contributed by atoms with van der Waals surface area (Å²) in [6, 6.07) is 15.7. The zero-order chi connectivity index (χ0) is 25.8. The van der Waals surface area contributed by atoms with Crippen LogP contribution in [0.25, 0.3) is 0 Å². The highest BCUT2D eigenvalue weighted by Crippen LogP contribution is 2.39. The molecular weight excluding hydrogens is 472 g/mol. The first-order chi connectivity index (χ1) is 17.2. The fourth-order valence-corrected chi connectivity index (χ4v) is 5.66. The van der Waals surface area contributed by atoms with Gasteiger partial charge in [0.15, 0.2) is 5.60 Å². The van der Waals surface area contributed by atoms with E-state index in [1.807, 2.05) is 23.1 Å². The molecule has 0 bridgehead atoms. The monoisotopic (exact) mass is 508 g/mol. The fourth-order valence-electron chi connectivity index (χ4n) is 4.80. The number of nitrogens with zero attached hydrogens (tertiary/aromatic N) is 2. The Morgan fingerprint density at radius 2 is 1.83 bits per heavy atom.